The topological polar surface area (TPSA) is 34.1 Å². The molecule has 0 saturated heterocycles. The molecular formula is C13H15ClN2OS. The fourth-order valence-corrected chi connectivity index (χ4v) is 2.63. The molecule has 2 rings (SSSR count). The maximum atomic E-state index is 5.97. The van der Waals surface area contributed by atoms with Crippen LogP contribution in [0.25, 0.3) is 0 Å². The molecule has 0 bridgehead atoms. The third kappa shape index (κ3) is 2.94. The molecular weight excluding hydrogens is 268 g/mol. The minimum absolute atomic E-state index is 0.615. The van der Waals surface area contributed by atoms with Gasteiger partial charge >= 0.3 is 0 Å². The molecule has 96 valence electrons. The molecule has 0 fully saturated rings. The number of benzene rings is 1. The number of hydrogen-bond acceptors (Lipinski definition) is 4. The van der Waals surface area contributed by atoms with E-state index >= 15 is 0 Å². The van der Waals surface area contributed by atoms with E-state index in [2.05, 4.69) is 17.2 Å². The van der Waals surface area contributed by atoms with E-state index in [1.807, 2.05) is 25.1 Å². The number of aromatic nitrogens is 1. The Morgan fingerprint density at radius 1 is 1.39 bits per heavy atom. The third-order valence-electron chi connectivity index (χ3n) is 2.67. The normalized spacial score (nSPS) is 10.4. The second-order valence-corrected chi connectivity index (χ2v) is 5.65. The Kier molecular flexibility index (Phi) is 4.09. The van der Waals surface area contributed by atoms with Gasteiger partial charge in [-0.1, -0.05) is 11.6 Å². The van der Waals surface area contributed by atoms with E-state index < -0.39 is 0 Å². The number of nitrogens with zero attached hydrogens (tertiary/aromatic N) is 1. The van der Waals surface area contributed by atoms with Gasteiger partial charge in [-0.3, -0.25) is 0 Å². The number of aryl methyl sites for hydroxylation is 2. The van der Waals surface area contributed by atoms with Crippen LogP contribution in [0.4, 0.5) is 5.69 Å². The molecule has 0 saturated carbocycles. The zero-order chi connectivity index (χ0) is 13.1. The number of thiazole rings is 1. The van der Waals surface area contributed by atoms with E-state index in [-0.39, 0.29) is 0 Å². The lowest BCUT2D eigenvalue weighted by Crippen LogP contribution is -1.99. The van der Waals surface area contributed by atoms with Gasteiger partial charge in [-0.15, -0.1) is 11.3 Å². The van der Waals surface area contributed by atoms with E-state index in [4.69, 9.17) is 16.3 Å². The summed E-state index contributed by atoms with van der Waals surface area (Å²) in [5.74, 6) is 0.674. The molecule has 3 nitrogen and oxygen atoms in total. The van der Waals surface area contributed by atoms with Crippen molar-refractivity contribution in [2.45, 2.75) is 20.4 Å². The van der Waals surface area contributed by atoms with Gasteiger partial charge in [0.15, 0.2) is 0 Å². The standard InChI is InChI=1S/C13H15ClN2OS/c1-8-9(2)18-13(16-8)7-15-10-4-5-11(14)12(6-10)17-3/h4-6,15H,7H2,1-3H3. The Morgan fingerprint density at radius 2 is 2.17 bits per heavy atom. The SMILES string of the molecule is COc1cc(NCc2nc(C)c(C)s2)ccc1Cl. The molecule has 0 radical (unpaired) electrons. The minimum atomic E-state index is 0.615. The van der Waals surface area contributed by atoms with Crippen LogP contribution in [0.2, 0.25) is 5.02 Å². The molecule has 0 aliphatic carbocycles. The first-order chi connectivity index (χ1) is 8.60. The Bertz CT molecular complexity index is 534. The lowest BCUT2D eigenvalue weighted by Gasteiger charge is -2.07. The van der Waals surface area contributed by atoms with Crippen LogP contribution < -0.4 is 10.1 Å². The Hall–Kier alpha value is -1.26. The summed E-state index contributed by atoms with van der Waals surface area (Å²) < 4.78 is 5.18. The van der Waals surface area contributed by atoms with E-state index in [0.717, 1.165) is 16.4 Å². The van der Waals surface area contributed by atoms with Gasteiger partial charge in [0, 0.05) is 16.6 Å². The lowest BCUT2D eigenvalue weighted by molar-refractivity contribution is 0.415. The summed E-state index contributed by atoms with van der Waals surface area (Å²) in [4.78, 5) is 5.75. The predicted octanol–water partition coefficient (Wildman–Crippen LogP) is 4.03. The average molecular weight is 283 g/mol. The molecule has 18 heavy (non-hydrogen) atoms. The van der Waals surface area contributed by atoms with Gasteiger partial charge in [0.2, 0.25) is 0 Å². The number of methoxy groups -OCH3 is 1. The molecule has 1 aromatic carbocycles. The first kappa shape index (κ1) is 13.2. The van der Waals surface area contributed by atoms with E-state index in [1.165, 1.54) is 4.88 Å². The highest BCUT2D eigenvalue weighted by molar-refractivity contribution is 7.11. The molecule has 1 N–H and O–H groups in total. The zero-order valence-electron chi connectivity index (χ0n) is 10.6. The Morgan fingerprint density at radius 3 is 2.78 bits per heavy atom. The van der Waals surface area contributed by atoms with Crippen molar-refractivity contribution in [1.29, 1.82) is 0 Å². The van der Waals surface area contributed by atoms with Crippen molar-refractivity contribution in [3.8, 4) is 5.75 Å². The summed E-state index contributed by atoms with van der Waals surface area (Å²) in [5.41, 5.74) is 2.08. The summed E-state index contributed by atoms with van der Waals surface area (Å²) in [5, 5.41) is 5.01. The zero-order valence-corrected chi connectivity index (χ0v) is 12.2. The molecule has 0 amide bonds. The highest BCUT2D eigenvalue weighted by Crippen LogP contribution is 2.27. The maximum Gasteiger partial charge on any atom is 0.139 e. The first-order valence-electron chi connectivity index (χ1n) is 5.60. The molecule has 0 unspecified atom stereocenters. The number of nitrogens with one attached hydrogen (secondary N) is 1. The van der Waals surface area contributed by atoms with Gasteiger partial charge in [0.25, 0.3) is 0 Å². The van der Waals surface area contributed by atoms with Crippen molar-refractivity contribution in [3.63, 3.8) is 0 Å². The van der Waals surface area contributed by atoms with Gasteiger partial charge in [0.1, 0.15) is 10.8 Å². The van der Waals surface area contributed by atoms with Crippen molar-refractivity contribution in [2.24, 2.45) is 0 Å². The minimum Gasteiger partial charge on any atom is -0.495 e. The molecule has 0 aliphatic heterocycles. The highest BCUT2D eigenvalue weighted by Gasteiger charge is 2.05. The monoisotopic (exact) mass is 282 g/mol. The summed E-state index contributed by atoms with van der Waals surface area (Å²) in [6, 6.07) is 5.63. The van der Waals surface area contributed by atoms with Crippen LogP contribution in [0.3, 0.4) is 0 Å². The van der Waals surface area contributed by atoms with Crippen LogP contribution >= 0.6 is 22.9 Å². The smallest absolute Gasteiger partial charge is 0.139 e. The predicted molar refractivity (Wildman–Crippen MR) is 76.9 cm³/mol. The van der Waals surface area contributed by atoms with Crippen LogP contribution in [0.5, 0.6) is 5.75 Å². The molecule has 5 heteroatoms. The number of halogens is 1. The third-order valence-corrected chi connectivity index (χ3v) is 4.05. The van der Waals surface area contributed by atoms with Crippen molar-refractivity contribution in [1.82, 2.24) is 4.98 Å². The van der Waals surface area contributed by atoms with Crippen LogP contribution in [-0.2, 0) is 6.54 Å². The maximum absolute atomic E-state index is 5.97. The van der Waals surface area contributed by atoms with Gasteiger partial charge < -0.3 is 10.1 Å². The van der Waals surface area contributed by atoms with Crippen LogP contribution in [0.1, 0.15) is 15.6 Å². The second-order valence-electron chi connectivity index (χ2n) is 3.95. The summed E-state index contributed by atoms with van der Waals surface area (Å²) in [7, 11) is 1.61. The van der Waals surface area contributed by atoms with Crippen LogP contribution in [0, 0.1) is 13.8 Å². The summed E-state index contributed by atoms with van der Waals surface area (Å²) in [6.07, 6.45) is 0. The van der Waals surface area contributed by atoms with Crippen molar-refractivity contribution in [3.05, 3.63) is 38.8 Å². The number of hydrogen-bond donors (Lipinski definition) is 1. The number of anilines is 1. The van der Waals surface area contributed by atoms with Crippen molar-refractivity contribution in [2.75, 3.05) is 12.4 Å². The highest BCUT2D eigenvalue weighted by atomic mass is 35.5. The van der Waals surface area contributed by atoms with Crippen LogP contribution in [-0.4, -0.2) is 12.1 Å². The molecule has 1 aromatic heterocycles. The van der Waals surface area contributed by atoms with Gasteiger partial charge in [0.05, 0.1) is 24.4 Å². The van der Waals surface area contributed by atoms with E-state index in [9.17, 15) is 0 Å². The summed E-state index contributed by atoms with van der Waals surface area (Å²) in [6.45, 7) is 4.83. The molecule has 0 aliphatic rings. The number of ether oxygens (including phenoxy) is 1. The molecule has 0 spiro atoms. The molecule has 0 atom stereocenters. The Balaban J connectivity index is 2.06. The Labute approximate surface area is 116 Å². The second kappa shape index (κ2) is 5.59. The summed E-state index contributed by atoms with van der Waals surface area (Å²) >= 11 is 7.69. The largest absolute Gasteiger partial charge is 0.495 e. The average Bonchev–Trinajstić information content (AvgIpc) is 2.68. The molecule has 2 aromatic rings. The lowest BCUT2D eigenvalue weighted by atomic mass is 10.3. The van der Waals surface area contributed by atoms with Crippen molar-refractivity contribution < 1.29 is 4.74 Å². The molecule has 1 heterocycles. The van der Waals surface area contributed by atoms with E-state index in [1.54, 1.807) is 18.4 Å². The quantitative estimate of drug-likeness (QED) is 0.919. The number of rotatable bonds is 4. The fraction of sp³-hybridized carbons (Fsp3) is 0.308. The van der Waals surface area contributed by atoms with Gasteiger partial charge in [-0.25, -0.2) is 4.98 Å². The van der Waals surface area contributed by atoms with Crippen LogP contribution in [0.15, 0.2) is 18.2 Å². The van der Waals surface area contributed by atoms with Gasteiger partial charge in [-0.2, -0.15) is 0 Å². The van der Waals surface area contributed by atoms with E-state index in [0.29, 0.717) is 17.3 Å². The van der Waals surface area contributed by atoms with Crippen molar-refractivity contribution >= 4 is 28.6 Å². The van der Waals surface area contributed by atoms with Gasteiger partial charge in [-0.05, 0) is 26.0 Å². The fourth-order valence-electron chi connectivity index (χ4n) is 1.56. The first-order valence-corrected chi connectivity index (χ1v) is 6.80.